The molecular formula is C13H18N2O2. The second kappa shape index (κ2) is 5.29. The molecule has 1 fully saturated rings. The minimum atomic E-state index is -0.475. The summed E-state index contributed by atoms with van der Waals surface area (Å²) in [5.74, 6) is 0.224. The third-order valence-corrected chi connectivity index (χ3v) is 3.14. The molecule has 1 aromatic rings. The van der Waals surface area contributed by atoms with Gasteiger partial charge in [0.25, 0.3) is 0 Å². The van der Waals surface area contributed by atoms with Crippen molar-refractivity contribution in [1.82, 2.24) is 4.90 Å². The number of nitrogens with two attached hydrogens (primary N) is 1. The van der Waals surface area contributed by atoms with Gasteiger partial charge >= 0.3 is 0 Å². The monoisotopic (exact) mass is 234 g/mol. The van der Waals surface area contributed by atoms with Crippen molar-refractivity contribution in [1.29, 1.82) is 0 Å². The van der Waals surface area contributed by atoms with E-state index in [1.165, 1.54) is 0 Å². The summed E-state index contributed by atoms with van der Waals surface area (Å²) in [5, 5.41) is 8.89. The van der Waals surface area contributed by atoms with E-state index in [0.717, 1.165) is 5.56 Å². The zero-order valence-electron chi connectivity index (χ0n) is 9.75. The maximum atomic E-state index is 11.9. The molecular weight excluding hydrogens is 216 g/mol. The van der Waals surface area contributed by atoms with E-state index < -0.39 is 6.04 Å². The number of hydrogen-bond acceptors (Lipinski definition) is 3. The van der Waals surface area contributed by atoms with Gasteiger partial charge in [-0.1, -0.05) is 30.3 Å². The van der Waals surface area contributed by atoms with Gasteiger partial charge in [-0.2, -0.15) is 0 Å². The van der Waals surface area contributed by atoms with Gasteiger partial charge in [0.2, 0.25) is 5.91 Å². The van der Waals surface area contributed by atoms with E-state index in [0.29, 0.717) is 19.5 Å². The highest BCUT2D eigenvalue weighted by molar-refractivity contribution is 5.82. The number of rotatable bonds is 4. The number of aliphatic hydroxyl groups is 1. The summed E-state index contributed by atoms with van der Waals surface area (Å²) >= 11 is 0. The van der Waals surface area contributed by atoms with Crippen molar-refractivity contribution in [2.24, 2.45) is 11.7 Å². The van der Waals surface area contributed by atoms with Crippen LogP contribution in [0.1, 0.15) is 5.56 Å². The van der Waals surface area contributed by atoms with Crippen LogP contribution in [0.5, 0.6) is 0 Å². The van der Waals surface area contributed by atoms with Gasteiger partial charge in [-0.25, -0.2) is 0 Å². The molecule has 4 nitrogen and oxygen atoms in total. The molecule has 3 N–H and O–H groups in total. The van der Waals surface area contributed by atoms with Crippen LogP contribution in [0.25, 0.3) is 0 Å². The fourth-order valence-electron chi connectivity index (χ4n) is 2.06. The molecule has 0 unspecified atom stereocenters. The van der Waals surface area contributed by atoms with E-state index in [2.05, 4.69) is 0 Å². The highest BCUT2D eigenvalue weighted by atomic mass is 16.3. The lowest BCUT2D eigenvalue weighted by molar-refractivity contribution is -0.139. The molecule has 0 saturated carbocycles. The highest BCUT2D eigenvalue weighted by Crippen LogP contribution is 2.16. The van der Waals surface area contributed by atoms with Crippen LogP contribution < -0.4 is 5.73 Å². The van der Waals surface area contributed by atoms with Crippen molar-refractivity contribution < 1.29 is 9.90 Å². The summed E-state index contributed by atoms with van der Waals surface area (Å²) in [6.07, 6.45) is 0.569. The van der Waals surface area contributed by atoms with Crippen LogP contribution in [-0.4, -0.2) is 41.7 Å². The molecule has 0 spiro atoms. The van der Waals surface area contributed by atoms with Crippen LogP contribution in [0, 0.1) is 5.92 Å². The summed E-state index contributed by atoms with van der Waals surface area (Å²) in [7, 11) is 0. The maximum Gasteiger partial charge on any atom is 0.239 e. The van der Waals surface area contributed by atoms with Gasteiger partial charge in [0.15, 0.2) is 0 Å². The molecule has 92 valence electrons. The van der Waals surface area contributed by atoms with Crippen molar-refractivity contribution in [3.8, 4) is 0 Å². The molecule has 1 aromatic carbocycles. The fourth-order valence-corrected chi connectivity index (χ4v) is 2.06. The molecule has 1 amide bonds. The van der Waals surface area contributed by atoms with E-state index in [9.17, 15) is 4.79 Å². The number of nitrogens with zero attached hydrogens (tertiary/aromatic N) is 1. The first kappa shape index (κ1) is 12.1. The normalized spacial score (nSPS) is 17.6. The molecule has 0 aliphatic carbocycles. The van der Waals surface area contributed by atoms with Crippen molar-refractivity contribution >= 4 is 5.91 Å². The summed E-state index contributed by atoms with van der Waals surface area (Å²) in [4.78, 5) is 13.6. The Bertz CT molecular complexity index is 374. The number of benzene rings is 1. The van der Waals surface area contributed by atoms with Crippen molar-refractivity contribution in [3.05, 3.63) is 35.9 Å². The Kier molecular flexibility index (Phi) is 3.76. The lowest BCUT2D eigenvalue weighted by Gasteiger charge is -2.39. The second-order valence-electron chi connectivity index (χ2n) is 4.59. The molecule has 4 heteroatoms. The zero-order valence-corrected chi connectivity index (χ0v) is 9.75. The second-order valence-corrected chi connectivity index (χ2v) is 4.59. The molecule has 1 aliphatic rings. The maximum absolute atomic E-state index is 11.9. The Morgan fingerprint density at radius 2 is 2.06 bits per heavy atom. The first-order valence-corrected chi connectivity index (χ1v) is 5.90. The molecule has 17 heavy (non-hydrogen) atoms. The zero-order chi connectivity index (χ0) is 12.3. The third-order valence-electron chi connectivity index (χ3n) is 3.14. The number of amides is 1. The van der Waals surface area contributed by atoms with Gasteiger partial charge in [-0.05, 0) is 12.0 Å². The molecule has 1 heterocycles. The van der Waals surface area contributed by atoms with Gasteiger partial charge in [0.1, 0.15) is 0 Å². The summed E-state index contributed by atoms with van der Waals surface area (Å²) in [6.45, 7) is 1.42. The number of aliphatic hydroxyl groups excluding tert-OH is 1. The Morgan fingerprint density at radius 3 is 2.65 bits per heavy atom. The van der Waals surface area contributed by atoms with Crippen LogP contribution in [0.3, 0.4) is 0 Å². The molecule has 0 radical (unpaired) electrons. The third kappa shape index (κ3) is 2.84. The molecule has 0 aromatic heterocycles. The number of hydrogen-bond donors (Lipinski definition) is 2. The van der Waals surface area contributed by atoms with E-state index in [4.69, 9.17) is 10.8 Å². The Labute approximate surface area is 101 Å². The first-order valence-electron chi connectivity index (χ1n) is 5.90. The van der Waals surface area contributed by atoms with Gasteiger partial charge in [-0.3, -0.25) is 4.79 Å². The lowest BCUT2D eigenvalue weighted by Crippen LogP contribution is -2.56. The van der Waals surface area contributed by atoms with Crippen LogP contribution in [0.2, 0.25) is 0 Å². The number of likely N-dealkylation sites (tertiary alicyclic amines) is 1. The molecule has 0 bridgehead atoms. The van der Waals surface area contributed by atoms with E-state index in [-0.39, 0.29) is 18.4 Å². The Balaban J connectivity index is 1.84. The smallest absolute Gasteiger partial charge is 0.239 e. The van der Waals surface area contributed by atoms with E-state index in [1.54, 1.807) is 4.90 Å². The molecule has 1 aliphatic heterocycles. The average Bonchev–Trinajstić information content (AvgIpc) is 2.28. The summed E-state index contributed by atoms with van der Waals surface area (Å²) in [5.41, 5.74) is 6.97. The van der Waals surface area contributed by atoms with E-state index in [1.807, 2.05) is 30.3 Å². The largest absolute Gasteiger partial charge is 0.396 e. The molecule has 2 rings (SSSR count). The number of carbonyl (C=O) groups is 1. The van der Waals surface area contributed by atoms with Crippen molar-refractivity contribution in [3.63, 3.8) is 0 Å². The standard InChI is InChI=1S/C13H18N2O2/c14-12(6-10-4-2-1-3-5-10)13(17)15-7-11(8-15)9-16/h1-5,11-12,16H,6-9,14H2/t12-/m1/s1. The van der Waals surface area contributed by atoms with Gasteiger partial charge in [0.05, 0.1) is 6.04 Å². The minimum Gasteiger partial charge on any atom is -0.396 e. The van der Waals surface area contributed by atoms with Gasteiger partial charge in [-0.15, -0.1) is 0 Å². The Morgan fingerprint density at radius 1 is 1.41 bits per heavy atom. The van der Waals surface area contributed by atoms with E-state index >= 15 is 0 Å². The first-order chi connectivity index (χ1) is 8.20. The summed E-state index contributed by atoms with van der Waals surface area (Å²) < 4.78 is 0. The van der Waals surface area contributed by atoms with Crippen LogP contribution >= 0.6 is 0 Å². The van der Waals surface area contributed by atoms with Crippen LogP contribution in [-0.2, 0) is 11.2 Å². The number of carbonyl (C=O) groups excluding carboxylic acids is 1. The lowest BCUT2D eigenvalue weighted by atomic mass is 9.98. The summed E-state index contributed by atoms with van der Waals surface area (Å²) in [6, 6.07) is 9.30. The van der Waals surface area contributed by atoms with Crippen LogP contribution in [0.15, 0.2) is 30.3 Å². The molecule has 1 saturated heterocycles. The fraction of sp³-hybridized carbons (Fsp3) is 0.462. The quantitative estimate of drug-likeness (QED) is 0.771. The SMILES string of the molecule is N[C@H](Cc1ccccc1)C(=O)N1CC(CO)C1. The average molecular weight is 234 g/mol. The molecule has 1 atom stereocenters. The highest BCUT2D eigenvalue weighted by Gasteiger charge is 2.32. The Hall–Kier alpha value is -1.39. The predicted octanol–water partition coefficient (Wildman–Crippen LogP) is 0.00710. The van der Waals surface area contributed by atoms with Crippen LogP contribution in [0.4, 0.5) is 0 Å². The van der Waals surface area contributed by atoms with Gasteiger partial charge in [0, 0.05) is 25.6 Å². The van der Waals surface area contributed by atoms with Crippen molar-refractivity contribution in [2.45, 2.75) is 12.5 Å². The topological polar surface area (TPSA) is 66.6 Å². The van der Waals surface area contributed by atoms with Gasteiger partial charge < -0.3 is 15.7 Å². The minimum absolute atomic E-state index is 0.0152. The predicted molar refractivity (Wildman–Crippen MR) is 65.3 cm³/mol. The van der Waals surface area contributed by atoms with Crippen molar-refractivity contribution in [2.75, 3.05) is 19.7 Å².